The monoisotopic (exact) mass is 261 g/mol. The van der Waals surface area contributed by atoms with Crippen molar-refractivity contribution in [3.63, 3.8) is 0 Å². The second-order valence-electron chi connectivity index (χ2n) is 3.55. The zero-order valence-electron chi connectivity index (χ0n) is 7.22. The van der Waals surface area contributed by atoms with Gasteiger partial charge in [0.05, 0.1) is 9.39 Å². The van der Waals surface area contributed by atoms with Crippen LogP contribution in [0.25, 0.3) is 0 Å². The normalized spacial score (nSPS) is 28.2. The fourth-order valence-electron chi connectivity index (χ4n) is 1.68. The van der Waals surface area contributed by atoms with E-state index < -0.39 is 5.60 Å². The maximum Gasteiger partial charge on any atom is 0.0824 e. The fourth-order valence-corrected chi connectivity index (χ4v) is 2.92. The first-order valence-corrected chi connectivity index (χ1v) is 6.02. The molecule has 2 rings (SSSR count). The summed E-state index contributed by atoms with van der Waals surface area (Å²) < 4.78 is 1.15. The molecule has 1 fully saturated rings. The molecule has 0 aromatic carbocycles. The van der Waals surface area contributed by atoms with Gasteiger partial charge in [-0.05, 0) is 45.9 Å². The van der Waals surface area contributed by atoms with Gasteiger partial charge in [0.2, 0.25) is 0 Å². The molecule has 72 valence electrons. The molecule has 1 atom stereocenters. The standard InChI is InChI=1S/C9H12BrNOS/c10-8-7(1-4-13-8)5-9(12)2-3-11-6-9/h1,4,11-12H,2-3,5-6H2. The zero-order chi connectivity index (χ0) is 9.31. The average Bonchev–Trinajstić information content (AvgIpc) is 2.64. The second-order valence-corrected chi connectivity index (χ2v) is 5.78. The highest BCUT2D eigenvalue weighted by atomic mass is 79.9. The smallest absolute Gasteiger partial charge is 0.0824 e. The van der Waals surface area contributed by atoms with Crippen molar-refractivity contribution in [3.8, 4) is 0 Å². The van der Waals surface area contributed by atoms with Gasteiger partial charge in [-0.2, -0.15) is 0 Å². The van der Waals surface area contributed by atoms with Crippen molar-refractivity contribution < 1.29 is 5.11 Å². The van der Waals surface area contributed by atoms with E-state index in [4.69, 9.17) is 0 Å². The van der Waals surface area contributed by atoms with Crippen molar-refractivity contribution in [2.24, 2.45) is 0 Å². The number of hydrogen-bond acceptors (Lipinski definition) is 3. The van der Waals surface area contributed by atoms with Gasteiger partial charge in [-0.15, -0.1) is 11.3 Å². The second kappa shape index (κ2) is 3.69. The highest BCUT2D eigenvalue weighted by molar-refractivity contribution is 9.11. The minimum absolute atomic E-state index is 0.524. The van der Waals surface area contributed by atoms with Gasteiger partial charge in [-0.3, -0.25) is 0 Å². The molecule has 13 heavy (non-hydrogen) atoms. The number of aliphatic hydroxyl groups is 1. The Morgan fingerprint density at radius 3 is 3.08 bits per heavy atom. The number of halogens is 1. The van der Waals surface area contributed by atoms with E-state index in [0.717, 1.165) is 29.7 Å². The van der Waals surface area contributed by atoms with Crippen LogP contribution in [0.4, 0.5) is 0 Å². The van der Waals surface area contributed by atoms with Gasteiger partial charge in [0.25, 0.3) is 0 Å². The van der Waals surface area contributed by atoms with Crippen LogP contribution in [0.15, 0.2) is 15.2 Å². The van der Waals surface area contributed by atoms with Gasteiger partial charge in [0.15, 0.2) is 0 Å². The number of rotatable bonds is 2. The molecule has 2 nitrogen and oxygen atoms in total. The molecule has 0 saturated carbocycles. The molecule has 0 aliphatic carbocycles. The highest BCUT2D eigenvalue weighted by Gasteiger charge is 2.31. The minimum atomic E-state index is -0.524. The Hall–Kier alpha value is 0.1000. The molecule has 2 heterocycles. The zero-order valence-corrected chi connectivity index (χ0v) is 9.62. The lowest BCUT2D eigenvalue weighted by Gasteiger charge is -2.20. The van der Waals surface area contributed by atoms with Crippen LogP contribution in [0.3, 0.4) is 0 Å². The van der Waals surface area contributed by atoms with Gasteiger partial charge in [-0.1, -0.05) is 0 Å². The van der Waals surface area contributed by atoms with E-state index >= 15 is 0 Å². The Labute approximate surface area is 90.1 Å². The van der Waals surface area contributed by atoms with Crippen LogP contribution < -0.4 is 5.32 Å². The summed E-state index contributed by atoms with van der Waals surface area (Å²) in [6.45, 7) is 1.65. The first kappa shape index (κ1) is 9.65. The van der Waals surface area contributed by atoms with E-state index in [1.807, 2.05) is 5.38 Å². The van der Waals surface area contributed by atoms with Crippen molar-refractivity contribution in [3.05, 3.63) is 20.8 Å². The van der Waals surface area contributed by atoms with Crippen molar-refractivity contribution in [2.75, 3.05) is 13.1 Å². The number of hydrogen-bond donors (Lipinski definition) is 2. The molecule has 0 spiro atoms. The molecule has 1 unspecified atom stereocenters. The van der Waals surface area contributed by atoms with E-state index in [1.165, 1.54) is 5.56 Å². The number of β-amino-alcohol motifs (C(OH)–C–C–N with tert-alkyl or cyclic N) is 1. The average molecular weight is 262 g/mol. The van der Waals surface area contributed by atoms with E-state index in [0.29, 0.717) is 0 Å². The van der Waals surface area contributed by atoms with Gasteiger partial charge >= 0.3 is 0 Å². The van der Waals surface area contributed by atoms with Crippen LogP contribution in [0.2, 0.25) is 0 Å². The molecule has 1 aliphatic rings. The van der Waals surface area contributed by atoms with E-state index in [9.17, 15) is 5.11 Å². The molecular weight excluding hydrogens is 250 g/mol. The summed E-state index contributed by atoms with van der Waals surface area (Å²) in [6, 6.07) is 2.07. The van der Waals surface area contributed by atoms with Crippen LogP contribution in [-0.2, 0) is 6.42 Å². The van der Waals surface area contributed by atoms with Crippen LogP contribution >= 0.6 is 27.3 Å². The highest BCUT2D eigenvalue weighted by Crippen LogP contribution is 2.29. The summed E-state index contributed by atoms with van der Waals surface area (Å²) in [6.07, 6.45) is 1.61. The fraction of sp³-hybridized carbons (Fsp3) is 0.556. The van der Waals surface area contributed by atoms with E-state index in [2.05, 4.69) is 27.3 Å². The lowest BCUT2D eigenvalue weighted by molar-refractivity contribution is 0.0618. The molecule has 1 aromatic heterocycles. The molecule has 0 radical (unpaired) electrons. The predicted molar refractivity (Wildman–Crippen MR) is 58.2 cm³/mol. The number of nitrogens with one attached hydrogen (secondary N) is 1. The third-order valence-corrected chi connectivity index (χ3v) is 4.25. The van der Waals surface area contributed by atoms with E-state index in [1.54, 1.807) is 11.3 Å². The molecule has 1 saturated heterocycles. The topological polar surface area (TPSA) is 32.3 Å². The van der Waals surface area contributed by atoms with Crippen molar-refractivity contribution in [1.29, 1.82) is 0 Å². The SMILES string of the molecule is OC1(Cc2ccsc2Br)CCNC1. The molecule has 0 amide bonds. The summed E-state index contributed by atoms with van der Waals surface area (Å²) in [5.74, 6) is 0. The van der Waals surface area contributed by atoms with Crippen molar-refractivity contribution in [1.82, 2.24) is 5.32 Å². The summed E-state index contributed by atoms with van der Waals surface area (Å²) in [7, 11) is 0. The Bertz CT molecular complexity index is 294. The van der Waals surface area contributed by atoms with E-state index in [-0.39, 0.29) is 0 Å². The molecule has 1 aliphatic heterocycles. The van der Waals surface area contributed by atoms with Gasteiger partial charge in [-0.25, -0.2) is 0 Å². The maximum atomic E-state index is 10.1. The van der Waals surface area contributed by atoms with Crippen LogP contribution in [0.1, 0.15) is 12.0 Å². The number of thiophene rings is 1. The molecule has 2 N–H and O–H groups in total. The van der Waals surface area contributed by atoms with Crippen molar-refractivity contribution >= 4 is 27.3 Å². The lowest BCUT2D eigenvalue weighted by Crippen LogP contribution is -2.33. The largest absolute Gasteiger partial charge is 0.388 e. The van der Waals surface area contributed by atoms with Gasteiger partial charge < -0.3 is 10.4 Å². The third kappa shape index (κ3) is 2.13. The predicted octanol–water partition coefficient (Wildman–Crippen LogP) is 1.78. The Morgan fingerprint density at radius 2 is 2.54 bits per heavy atom. The van der Waals surface area contributed by atoms with Crippen LogP contribution in [-0.4, -0.2) is 23.8 Å². The molecule has 0 bridgehead atoms. The first-order chi connectivity index (χ1) is 6.20. The summed E-state index contributed by atoms with van der Waals surface area (Å²) in [4.78, 5) is 0. The molecule has 4 heteroatoms. The minimum Gasteiger partial charge on any atom is -0.388 e. The van der Waals surface area contributed by atoms with Crippen LogP contribution in [0.5, 0.6) is 0 Å². The maximum absolute atomic E-state index is 10.1. The Balaban J connectivity index is 2.09. The Kier molecular flexibility index (Phi) is 2.74. The molecular formula is C9H12BrNOS. The first-order valence-electron chi connectivity index (χ1n) is 4.35. The third-order valence-electron chi connectivity index (χ3n) is 2.43. The van der Waals surface area contributed by atoms with Gasteiger partial charge in [0.1, 0.15) is 0 Å². The van der Waals surface area contributed by atoms with Crippen LogP contribution in [0, 0.1) is 0 Å². The summed E-state index contributed by atoms with van der Waals surface area (Å²) in [5, 5.41) is 15.3. The summed E-state index contributed by atoms with van der Waals surface area (Å²) in [5.41, 5.74) is 0.694. The quantitative estimate of drug-likeness (QED) is 0.851. The Morgan fingerprint density at radius 1 is 1.69 bits per heavy atom. The summed E-state index contributed by atoms with van der Waals surface area (Å²) >= 11 is 5.16. The van der Waals surface area contributed by atoms with Gasteiger partial charge in [0, 0.05) is 13.0 Å². The lowest BCUT2D eigenvalue weighted by atomic mass is 9.95. The molecule has 1 aromatic rings. The van der Waals surface area contributed by atoms with Crippen molar-refractivity contribution in [2.45, 2.75) is 18.4 Å².